The van der Waals surface area contributed by atoms with Crippen LogP contribution in [-0.4, -0.2) is 14.6 Å². The first kappa shape index (κ1) is 20.2. The lowest BCUT2D eigenvalue weighted by molar-refractivity contribution is 0.571. The van der Waals surface area contributed by atoms with Gasteiger partial charge < -0.3 is 8.83 Å². The molecule has 33 heavy (non-hydrogen) atoms. The van der Waals surface area contributed by atoms with Crippen molar-refractivity contribution in [3.63, 3.8) is 0 Å². The summed E-state index contributed by atoms with van der Waals surface area (Å²) in [5.41, 5.74) is 2.10. The second-order valence-electron chi connectivity index (χ2n) is 7.42. The molecule has 9 heteroatoms. The van der Waals surface area contributed by atoms with E-state index in [9.17, 15) is 4.79 Å². The molecular formula is C24H13Cl2N3O3S. The molecular weight excluding hydrogens is 481 g/mol. The maximum atomic E-state index is 12.9. The van der Waals surface area contributed by atoms with Gasteiger partial charge in [-0.25, -0.2) is 0 Å². The Morgan fingerprint density at radius 1 is 1.06 bits per heavy atom. The van der Waals surface area contributed by atoms with Crippen molar-refractivity contribution in [3.8, 4) is 22.9 Å². The molecule has 0 unspecified atom stereocenters. The minimum Gasteiger partial charge on any atom is -0.457 e. The number of aromatic nitrogens is 3. The van der Waals surface area contributed by atoms with Crippen molar-refractivity contribution in [3.05, 3.63) is 90.9 Å². The number of halogens is 2. The lowest BCUT2D eigenvalue weighted by atomic mass is 10.1. The first-order chi connectivity index (χ1) is 16.0. The summed E-state index contributed by atoms with van der Waals surface area (Å²) in [6.45, 7) is 1.95. The summed E-state index contributed by atoms with van der Waals surface area (Å²) >= 11 is 13.6. The highest BCUT2D eigenvalue weighted by Gasteiger charge is 2.19. The van der Waals surface area contributed by atoms with Crippen molar-refractivity contribution in [2.24, 2.45) is 0 Å². The Morgan fingerprint density at radius 3 is 2.73 bits per heavy atom. The Bertz CT molecular complexity index is 1790. The Balaban J connectivity index is 1.40. The summed E-state index contributed by atoms with van der Waals surface area (Å²) in [4.78, 5) is 17.9. The fraction of sp³-hybridized carbons (Fsp3) is 0.0417. The molecule has 6 rings (SSSR count). The average Bonchev–Trinajstić information content (AvgIpc) is 3.56. The van der Waals surface area contributed by atoms with Gasteiger partial charge >= 0.3 is 0 Å². The Morgan fingerprint density at radius 2 is 1.91 bits per heavy atom. The highest BCUT2D eigenvalue weighted by molar-refractivity contribution is 7.15. The van der Waals surface area contributed by atoms with Gasteiger partial charge in [-0.15, -0.1) is 5.10 Å². The first-order valence-corrected chi connectivity index (χ1v) is 11.5. The summed E-state index contributed by atoms with van der Waals surface area (Å²) in [6, 6.07) is 16.4. The van der Waals surface area contributed by atoms with E-state index in [2.05, 4.69) is 10.1 Å². The van der Waals surface area contributed by atoms with E-state index in [1.165, 1.54) is 15.9 Å². The number of para-hydroxylation sites is 1. The minimum absolute atomic E-state index is 0.277. The van der Waals surface area contributed by atoms with Gasteiger partial charge in [0.1, 0.15) is 21.6 Å². The number of furan rings is 2. The number of thiazole rings is 1. The molecule has 0 saturated carbocycles. The van der Waals surface area contributed by atoms with Gasteiger partial charge in [0, 0.05) is 27.6 Å². The molecule has 0 aliphatic heterocycles. The van der Waals surface area contributed by atoms with Gasteiger partial charge in [0.15, 0.2) is 5.76 Å². The van der Waals surface area contributed by atoms with Crippen LogP contribution in [0.15, 0.2) is 68.2 Å². The Labute approximate surface area is 200 Å². The quantitative estimate of drug-likeness (QED) is 0.302. The molecule has 4 aromatic heterocycles. The standard InChI is InChI=1S/C24H13Cl2N3O3S/c1-12-15-4-2-3-5-18(15)32-21(12)22-27-24-29(28-22)23(30)20(33-24)11-14-7-9-19(31-14)16-10-13(25)6-8-17(16)26/h2-11H,1H3/b20-11-. The predicted octanol–water partition coefficient (Wildman–Crippen LogP) is 5.99. The van der Waals surface area contributed by atoms with Gasteiger partial charge in [0.25, 0.3) is 5.56 Å². The van der Waals surface area contributed by atoms with E-state index in [0.29, 0.717) is 48.2 Å². The van der Waals surface area contributed by atoms with Crippen LogP contribution in [0, 0.1) is 6.92 Å². The summed E-state index contributed by atoms with van der Waals surface area (Å²) in [6.07, 6.45) is 1.66. The lowest BCUT2D eigenvalue weighted by Gasteiger charge is -2.00. The molecule has 0 aliphatic rings. The molecule has 2 aromatic carbocycles. The third kappa shape index (κ3) is 3.36. The molecule has 0 bridgehead atoms. The molecule has 0 aliphatic carbocycles. The lowest BCUT2D eigenvalue weighted by Crippen LogP contribution is -2.23. The third-order valence-corrected chi connectivity index (χ3v) is 6.85. The van der Waals surface area contributed by atoms with E-state index < -0.39 is 0 Å². The molecule has 0 amide bonds. The molecule has 0 saturated heterocycles. The van der Waals surface area contributed by atoms with Crippen LogP contribution in [0.1, 0.15) is 11.3 Å². The van der Waals surface area contributed by atoms with Crippen molar-refractivity contribution in [1.29, 1.82) is 0 Å². The number of nitrogens with zero attached hydrogens (tertiary/aromatic N) is 3. The minimum atomic E-state index is -0.277. The van der Waals surface area contributed by atoms with Crippen LogP contribution in [0.4, 0.5) is 0 Å². The number of hydrogen-bond donors (Lipinski definition) is 0. The zero-order valence-corrected chi connectivity index (χ0v) is 19.3. The monoisotopic (exact) mass is 493 g/mol. The number of hydrogen-bond acceptors (Lipinski definition) is 6. The zero-order valence-electron chi connectivity index (χ0n) is 17.0. The molecule has 0 atom stereocenters. The molecule has 6 aromatic rings. The second-order valence-corrected chi connectivity index (χ2v) is 9.28. The van der Waals surface area contributed by atoms with Crippen LogP contribution in [0.3, 0.4) is 0 Å². The van der Waals surface area contributed by atoms with E-state index >= 15 is 0 Å². The fourth-order valence-corrected chi connectivity index (χ4v) is 4.98. The number of fused-ring (bicyclic) bond motifs is 2. The maximum absolute atomic E-state index is 12.9. The maximum Gasteiger partial charge on any atom is 0.291 e. The smallest absolute Gasteiger partial charge is 0.291 e. The van der Waals surface area contributed by atoms with Crippen molar-refractivity contribution in [2.45, 2.75) is 6.92 Å². The van der Waals surface area contributed by atoms with Gasteiger partial charge in [0.05, 0.1) is 5.02 Å². The highest BCUT2D eigenvalue weighted by Crippen LogP contribution is 2.33. The Kier molecular flexibility index (Phi) is 4.65. The van der Waals surface area contributed by atoms with Crippen LogP contribution in [0.5, 0.6) is 0 Å². The fourth-order valence-electron chi connectivity index (χ4n) is 3.71. The van der Waals surface area contributed by atoms with Gasteiger partial charge in [0.2, 0.25) is 10.8 Å². The summed E-state index contributed by atoms with van der Waals surface area (Å²) in [5.74, 6) is 2.01. The van der Waals surface area contributed by atoms with Crippen molar-refractivity contribution in [2.75, 3.05) is 0 Å². The molecule has 0 spiro atoms. The largest absolute Gasteiger partial charge is 0.457 e. The predicted molar refractivity (Wildman–Crippen MR) is 130 cm³/mol. The first-order valence-electron chi connectivity index (χ1n) is 9.93. The SMILES string of the molecule is Cc1c(-c2nc3s/c(=C\c4ccc(-c5cc(Cl)ccc5Cl)o4)c(=O)n3n2)oc2ccccc12. The highest BCUT2D eigenvalue weighted by atomic mass is 35.5. The normalized spacial score (nSPS) is 12.4. The molecule has 0 N–H and O–H groups in total. The van der Waals surface area contributed by atoms with Crippen LogP contribution >= 0.6 is 34.5 Å². The molecule has 4 heterocycles. The third-order valence-electron chi connectivity index (χ3n) is 5.32. The number of benzene rings is 2. The van der Waals surface area contributed by atoms with Crippen LogP contribution in [0.25, 0.3) is 44.9 Å². The zero-order chi connectivity index (χ0) is 22.7. The van der Waals surface area contributed by atoms with E-state index in [1.54, 1.807) is 36.4 Å². The molecule has 0 fully saturated rings. The van der Waals surface area contributed by atoms with E-state index in [4.69, 9.17) is 32.0 Å². The summed E-state index contributed by atoms with van der Waals surface area (Å²) in [5, 5.41) is 6.48. The van der Waals surface area contributed by atoms with Gasteiger partial charge in [-0.1, -0.05) is 52.7 Å². The van der Waals surface area contributed by atoms with Crippen molar-refractivity contribution in [1.82, 2.24) is 14.6 Å². The van der Waals surface area contributed by atoms with Gasteiger partial charge in [-0.2, -0.15) is 9.50 Å². The molecule has 6 nitrogen and oxygen atoms in total. The van der Waals surface area contributed by atoms with Crippen molar-refractivity contribution >= 4 is 56.5 Å². The topological polar surface area (TPSA) is 73.5 Å². The van der Waals surface area contributed by atoms with Gasteiger partial charge in [-0.3, -0.25) is 4.79 Å². The van der Waals surface area contributed by atoms with Crippen LogP contribution in [0.2, 0.25) is 10.0 Å². The van der Waals surface area contributed by atoms with E-state index in [0.717, 1.165) is 16.5 Å². The van der Waals surface area contributed by atoms with E-state index in [1.807, 2.05) is 31.2 Å². The summed E-state index contributed by atoms with van der Waals surface area (Å²) < 4.78 is 13.6. The van der Waals surface area contributed by atoms with Crippen LogP contribution in [-0.2, 0) is 0 Å². The molecule has 0 radical (unpaired) electrons. The van der Waals surface area contributed by atoms with Crippen LogP contribution < -0.4 is 10.1 Å². The second kappa shape index (κ2) is 7.59. The number of aryl methyl sites for hydroxylation is 1. The van der Waals surface area contributed by atoms with Crippen molar-refractivity contribution < 1.29 is 8.83 Å². The summed E-state index contributed by atoms with van der Waals surface area (Å²) in [7, 11) is 0. The van der Waals surface area contributed by atoms with Gasteiger partial charge in [-0.05, 0) is 43.3 Å². The van der Waals surface area contributed by atoms with E-state index in [-0.39, 0.29) is 5.56 Å². The average molecular weight is 494 g/mol. The Hall–Kier alpha value is -3.39. The molecule has 162 valence electrons. The number of rotatable bonds is 3.